The number of aryl methyl sites for hydroxylation is 2. The fraction of sp³-hybridized carbons (Fsp3) is 0.448. The number of anilines is 2. The molecule has 1 unspecified atom stereocenters. The van der Waals surface area contributed by atoms with Gasteiger partial charge in [-0.15, -0.1) is 0 Å². The van der Waals surface area contributed by atoms with E-state index in [-0.39, 0.29) is 11.7 Å². The molecule has 1 atom stereocenters. The molecule has 1 aliphatic rings. The molecule has 10 heteroatoms. The minimum Gasteiger partial charge on any atom is -0.492 e. The number of hydrogen-bond acceptors (Lipinski definition) is 8. The van der Waals surface area contributed by atoms with Crippen molar-refractivity contribution in [2.45, 2.75) is 51.5 Å². The number of unbranched alkanes of at least 4 members (excludes halogenated alkanes) is 1. The van der Waals surface area contributed by atoms with Crippen molar-refractivity contribution in [1.82, 2.24) is 14.9 Å². The van der Waals surface area contributed by atoms with Crippen LogP contribution in [0.3, 0.4) is 0 Å². The van der Waals surface area contributed by atoms with E-state index < -0.39 is 6.04 Å². The number of ether oxygens (including phenoxy) is 1. The maximum absolute atomic E-state index is 12.4. The van der Waals surface area contributed by atoms with Crippen molar-refractivity contribution in [2.24, 2.45) is 0 Å². The molecule has 2 aromatic heterocycles. The first-order chi connectivity index (χ1) is 19.0. The third-order valence-electron chi connectivity index (χ3n) is 6.83. The lowest BCUT2D eigenvalue weighted by molar-refractivity contribution is -0.895. The second-order valence-electron chi connectivity index (χ2n) is 9.84. The van der Waals surface area contributed by atoms with Gasteiger partial charge in [-0.05, 0) is 85.3 Å². The van der Waals surface area contributed by atoms with E-state index in [4.69, 9.17) is 9.72 Å². The van der Waals surface area contributed by atoms with E-state index in [1.54, 1.807) is 13.1 Å². The lowest BCUT2D eigenvalue weighted by Crippen LogP contribution is -2.41. The zero-order chi connectivity index (χ0) is 27.5. The Morgan fingerprint density at radius 1 is 1.21 bits per heavy atom. The number of aromatic nitrogens is 3. The summed E-state index contributed by atoms with van der Waals surface area (Å²) in [6.45, 7) is 5.46. The van der Waals surface area contributed by atoms with Crippen LogP contribution in [0.1, 0.15) is 43.9 Å². The number of hydrogen-bond donors (Lipinski definition) is 3. The fourth-order valence-corrected chi connectivity index (χ4v) is 4.93. The quantitative estimate of drug-likeness (QED) is 0.135. The molecule has 0 aliphatic carbocycles. The van der Waals surface area contributed by atoms with Gasteiger partial charge in [0.15, 0.2) is 5.78 Å². The second-order valence-corrected chi connectivity index (χ2v) is 10.8. The molecular formula is C29H38BrN6O3+. The zero-order valence-corrected chi connectivity index (χ0v) is 24.1. The van der Waals surface area contributed by atoms with Crippen molar-refractivity contribution in [3.05, 3.63) is 70.6 Å². The maximum atomic E-state index is 12.4. The van der Waals surface area contributed by atoms with E-state index in [0.717, 1.165) is 73.7 Å². The van der Waals surface area contributed by atoms with Gasteiger partial charge in [-0.2, -0.15) is 0 Å². The van der Waals surface area contributed by atoms with Crippen LogP contribution in [0.25, 0.3) is 0 Å². The molecule has 0 bridgehead atoms. The topological polar surface area (TPSA) is 103 Å². The van der Waals surface area contributed by atoms with Crippen LogP contribution in [0, 0.1) is 0 Å². The normalized spacial score (nSPS) is 13.4. The first-order valence-electron chi connectivity index (χ1n) is 13.6. The van der Waals surface area contributed by atoms with Gasteiger partial charge in [0.2, 0.25) is 0 Å². The van der Waals surface area contributed by atoms with Crippen molar-refractivity contribution in [3.8, 4) is 5.75 Å². The van der Waals surface area contributed by atoms with Crippen LogP contribution in [0.2, 0.25) is 0 Å². The standard InChI is InChI=1S/C29H37BrN6O3/c1-22(37)27(34-29-32-20-24(30)21-36(29)38)14-17-35(18-19-39-26-10-3-2-4-11-26)16-6-5-9-25-13-12-23-8-7-15-31-28(23)33-25/h2-4,10-13,20-21,27,38H,5-9,14-19H2,1H3,(H,31,33)/p+1. The second kappa shape index (κ2) is 14.8. The van der Waals surface area contributed by atoms with Crippen LogP contribution in [-0.4, -0.2) is 64.7 Å². The Bertz CT molecular complexity index is 1210. The molecule has 1 aliphatic heterocycles. The first kappa shape index (κ1) is 28.8. The predicted octanol–water partition coefficient (Wildman–Crippen LogP) is 4.29. The molecule has 9 nitrogen and oxygen atoms in total. The van der Waals surface area contributed by atoms with Gasteiger partial charge in [-0.3, -0.25) is 15.0 Å². The smallest absolute Gasteiger partial charge is 0.428 e. The summed E-state index contributed by atoms with van der Waals surface area (Å²) in [5.41, 5.74) is 2.44. The molecular weight excluding hydrogens is 560 g/mol. The van der Waals surface area contributed by atoms with Gasteiger partial charge in [0.05, 0.1) is 4.47 Å². The minimum absolute atomic E-state index is 0.00713. The number of nitrogens with one attached hydrogen (secondary N) is 2. The van der Waals surface area contributed by atoms with Crippen LogP contribution in [0.15, 0.2) is 59.3 Å². The van der Waals surface area contributed by atoms with Crippen molar-refractivity contribution >= 4 is 33.5 Å². The van der Waals surface area contributed by atoms with Crippen molar-refractivity contribution in [1.29, 1.82) is 0 Å². The van der Waals surface area contributed by atoms with E-state index >= 15 is 0 Å². The van der Waals surface area contributed by atoms with E-state index in [9.17, 15) is 10.0 Å². The summed E-state index contributed by atoms with van der Waals surface area (Å²) in [7, 11) is 0. The van der Waals surface area contributed by atoms with Crippen molar-refractivity contribution < 1.29 is 19.5 Å². The molecule has 0 radical (unpaired) electrons. The number of carbonyl (C=O) groups is 1. The van der Waals surface area contributed by atoms with Gasteiger partial charge in [-0.1, -0.05) is 34.0 Å². The Morgan fingerprint density at radius 3 is 2.85 bits per heavy atom. The van der Waals surface area contributed by atoms with Gasteiger partial charge < -0.3 is 15.3 Å². The highest BCUT2D eigenvalue weighted by Gasteiger charge is 2.23. The fourth-order valence-electron chi connectivity index (χ4n) is 4.64. The summed E-state index contributed by atoms with van der Waals surface area (Å²) in [4.78, 5) is 23.8. The summed E-state index contributed by atoms with van der Waals surface area (Å²) in [6.07, 6.45) is 8.88. The molecule has 0 saturated heterocycles. The molecule has 0 fully saturated rings. The Balaban J connectivity index is 1.31. The first-order valence-corrected chi connectivity index (χ1v) is 14.4. The van der Waals surface area contributed by atoms with E-state index in [1.807, 2.05) is 30.3 Å². The Kier molecular flexibility index (Phi) is 10.9. The summed E-state index contributed by atoms with van der Waals surface area (Å²) < 4.78 is 7.47. The zero-order valence-electron chi connectivity index (χ0n) is 22.5. The number of halogens is 1. The third kappa shape index (κ3) is 9.18. The monoisotopic (exact) mass is 597 g/mol. The van der Waals surface area contributed by atoms with Gasteiger partial charge in [-0.25, -0.2) is 4.98 Å². The highest BCUT2D eigenvalue weighted by atomic mass is 79.9. The number of pyridine rings is 1. The number of rotatable bonds is 15. The van der Waals surface area contributed by atoms with Crippen molar-refractivity contribution in [2.75, 3.05) is 43.4 Å². The van der Waals surface area contributed by atoms with Gasteiger partial charge in [0, 0.05) is 31.7 Å². The summed E-state index contributed by atoms with van der Waals surface area (Å²) in [6, 6.07) is 13.7. The highest BCUT2D eigenvalue weighted by molar-refractivity contribution is 9.10. The average molecular weight is 599 g/mol. The van der Waals surface area contributed by atoms with Gasteiger partial charge in [0.25, 0.3) is 0 Å². The Labute approximate surface area is 238 Å². The molecule has 1 aromatic carbocycles. The highest BCUT2D eigenvalue weighted by Crippen LogP contribution is 2.20. The molecule has 0 spiro atoms. The van der Waals surface area contributed by atoms with Crippen molar-refractivity contribution in [3.63, 3.8) is 0 Å². The van der Waals surface area contributed by atoms with E-state index in [2.05, 4.69) is 48.6 Å². The molecule has 0 saturated carbocycles. The Hall–Kier alpha value is -3.24. The van der Waals surface area contributed by atoms with Crippen LogP contribution < -0.4 is 20.1 Å². The molecule has 39 heavy (non-hydrogen) atoms. The molecule has 0 amide bonds. The largest absolute Gasteiger partial charge is 0.492 e. The van der Waals surface area contributed by atoms with Gasteiger partial charge in [0.1, 0.15) is 36.6 Å². The van der Waals surface area contributed by atoms with E-state index in [0.29, 0.717) is 24.0 Å². The summed E-state index contributed by atoms with van der Waals surface area (Å²) in [5, 5.41) is 16.6. The number of nitrogens with zero attached hydrogens (tertiary/aromatic N) is 4. The SMILES string of the molecule is CC(=O)C(CCN(CCCCc1ccc2c(n1)NCCC2)CCOc1ccccc1)Nc1ncc(Br)c[n+]1O. The molecule has 208 valence electrons. The number of Topliss-reactive ketones (excluding diaryl/α,β-unsaturated/α-hetero) is 1. The lowest BCUT2D eigenvalue weighted by Gasteiger charge is -2.24. The maximum Gasteiger partial charge on any atom is 0.428 e. The molecule has 3 heterocycles. The lowest BCUT2D eigenvalue weighted by atomic mass is 10.1. The molecule has 4 rings (SSSR count). The van der Waals surface area contributed by atoms with Gasteiger partial charge >= 0.3 is 5.95 Å². The number of ketones is 1. The number of benzene rings is 1. The van der Waals surface area contributed by atoms with Crippen LogP contribution in [0.5, 0.6) is 5.75 Å². The average Bonchev–Trinajstić information content (AvgIpc) is 2.94. The third-order valence-corrected chi connectivity index (χ3v) is 7.24. The predicted molar refractivity (Wildman–Crippen MR) is 154 cm³/mol. The van der Waals surface area contributed by atoms with E-state index in [1.165, 1.54) is 11.8 Å². The van der Waals surface area contributed by atoms with Crippen LogP contribution >= 0.6 is 15.9 Å². The Morgan fingerprint density at radius 2 is 2.05 bits per heavy atom. The minimum atomic E-state index is -0.471. The van der Waals surface area contributed by atoms with Crippen LogP contribution in [0.4, 0.5) is 11.8 Å². The number of carbonyl (C=O) groups excluding carboxylic acids is 1. The summed E-state index contributed by atoms with van der Waals surface area (Å²) in [5.74, 6) is 2.11. The molecule has 3 aromatic rings. The van der Waals surface area contributed by atoms with Crippen LogP contribution in [-0.2, 0) is 17.6 Å². The number of fused-ring (bicyclic) bond motifs is 1. The molecule has 3 N–H and O–H groups in total. The number of para-hydroxylation sites is 1. The summed E-state index contributed by atoms with van der Waals surface area (Å²) >= 11 is 3.28.